The zero-order chi connectivity index (χ0) is 19.8. The Kier molecular flexibility index (Phi) is 8.36. The number of likely N-dealkylation sites (tertiary alicyclic amines) is 1. The lowest BCUT2D eigenvalue weighted by molar-refractivity contribution is 0.00445. The van der Waals surface area contributed by atoms with Gasteiger partial charge in [-0.05, 0) is 30.5 Å². The summed E-state index contributed by atoms with van der Waals surface area (Å²) in [6.07, 6.45) is 2.01. The van der Waals surface area contributed by atoms with Crippen molar-refractivity contribution < 1.29 is 24.1 Å². The molecule has 7 nitrogen and oxygen atoms in total. The minimum absolute atomic E-state index is 0.248. The van der Waals surface area contributed by atoms with Crippen LogP contribution in [0.1, 0.15) is 18.4 Å². The van der Waals surface area contributed by atoms with Crippen LogP contribution in [-0.2, 0) is 16.0 Å². The molecule has 7 heteroatoms. The first-order valence-corrected chi connectivity index (χ1v) is 10.2. The normalized spacial score (nSPS) is 20.8. The van der Waals surface area contributed by atoms with E-state index in [1.54, 1.807) is 14.2 Å². The molecule has 1 atom stereocenters. The van der Waals surface area contributed by atoms with Crippen LogP contribution in [-0.4, -0.2) is 93.9 Å². The molecule has 0 bridgehead atoms. The summed E-state index contributed by atoms with van der Waals surface area (Å²) < 4.78 is 22.1. The molecule has 2 heterocycles. The van der Waals surface area contributed by atoms with E-state index >= 15 is 0 Å². The molecule has 0 radical (unpaired) electrons. The summed E-state index contributed by atoms with van der Waals surface area (Å²) in [5, 5.41) is 10.3. The van der Waals surface area contributed by atoms with Crippen LogP contribution in [0.2, 0.25) is 0 Å². The maximum atomic E-state index is 10.3. The highest BCUT2D eigenvalue weighted by atomic mass is 16.5. The summed E-state index contributed by atoms with van der Waals surface area (Å²) in [4.78, 5) is 4.64. The Labute approximate surface area is 168 Å². The van der Waals surface area contributed by atoms with Crippen LogP contribution in [0.25, 0.3) is 0 Å². The largest absolute Gasteiger partial charge is 0.493 e. The third kappa shape index (κ3) is 6.32. The molecule has 0 spiro atoms. The lowest BCUT2D eigenvalue weighted by Gasteiger charge is -2.31. The first kappa shape index (κ1) is 21.3. The minimum Gasteiger partial charge on any atom is -0.493 e. The van der Waals surface area contributed by atoms with Crippen LogP contribution in [0.5, 0.6) is 11.5 Å². The van der Waals surface area contributed by atoms with Crippen molar-refractivity contribution in [1.29, 1.82) is 0 Å². The van der Waals surface area contributed by atoms with E-state index in [1.807, 2.05) is 12.1 Å². The van der Waals surface area contributed by atoms with Crippen molar-refractivity contribution in [2.75, 3.05) is 66.8 Å². The molecule has 2 fully saturated rings. The number of aliphatic hydroxyl groups excluding tert-OH is 1. The van der Waals surface area contributed by atoms with Gasteiger partial charge in [-0.15, -0.1) is 0 Å². The van der Waals surface area contributed by atoms with E-state index in [9.17, 15) is 5.11 Å². The van der Waals surface area contributed by atoms with Crippen LogP contribution in [0, 0.1) is 0 Å². The van der Waals surface area contributed by atoms with Crippen LogP contribution in [0.15, 0.2) is 18.2 Å². The third-order valence-corrected chi connectivity index (χ3v) is 5.51. The molecule has 0 saturated carbocycles. The number of morpholine rings is 1. The van der Waals surface area contributed by atoms with Gasteiger partial charge in [0.05, 0.1) is 26.4 Å². The molecule has 2 aliphatic heterocycles. The molecule has 28 heavy (non-hydrogen) atoms. The molecule has 3 rings (SSSR count). The molecule has 1 aromatic rings. The second-order valence-electron chi connectivity index (χ2n) is 7.57. The SMILES string of the molecule is COc1cc(CN2CCC(OC)CC2)ccc1OC[C@@H](O)CN1CCOCC1. The molecular formula is C21H34N2O5. The van der Waals surface area contributed by atoms with Gasteiger partial charge in [0.2, 0.25) is 0 Å². The maximum Gasteiger partial charge on any atom is 0.161 e. The zero-order valence-electron chi connectivity index (χ0n) is 17.1. The molecule has 0 amide bonds. The molecule has 2 aliphatic rings. The lowest BCUT2D eigenvalue weighted by atomic mass is 10.1. The fourth-order valence-corrected chi connectivity index (χ4v) is 3.81. The molecule has 1 aromatic carbocycles. The smallest absolute Gasteiger partial charge is 0.161 e. The van der Waals surface area contributed by atoms with Gasteiger partial charge in [0.25, 0.3) is 0 Å². The van der Waals surface area contributed by atoms with Gasteiger partial charge in [0.1, 0.15) is 12.7 Å². The maximum absolute atomic E-state index is 10.3. The van der Waals surface area contributed by atoms with E-state index in [-0.39, 0.29) is 6.61 Å². The molecule has 0 aromatic heterocycles. The first-order chi connectivity index (χ1) is 13.7. The van der Waals surface area contributed by atoms with Crippen LogP contribution in [0.3, 0.4) is 0 Å². The summed E-state index contributed by atoms with van der Waals surface area (Å²) >= 11 is 0. The summed E-state index contributed by atoms with van der Waals surface area (Å²) in [5.41, 5.74) is 1.20. The highest BCUT2D eigenvalue weighted by Crippen LogP contribution is 2.29. The van der Waals surface area contributed by atoms with E-state index in [4.69, 9.17) is 18.9 Å². The second kappa shape index (κ2) is 11.0. The number of β-amino-alcohol motifs (C(OH)–C–C–N with tert-alkyl or cyclic N) is 1. The average Bonchev–Trinajstić information content (AvgIpc) is 2.74. The molecule has 2 saturated heterocycles. The quantitative estimate of drug-likeness (QED) is 0.679. The van der Waals surface area contributed by atoms with Gasteiger partial charge >= 0.3 is 0 Å². The van der Waals surface area contributed by atoms with Gasteiger partial charge in [-0.3, -0.25) is 9.80 Å². The number of nitrogens with zero attached hydrogens (tertiary/aromatic N) is 2. The average molecular weight is 395 g/mol. The number of aliphatic hydroxyl groups is 1. The number of hydrogen-bond donors (Lipinski definition) is 1. The van der Waals surface area contributed by atoms with Gasteiger partial charge in [0.15, 0.2) is 11.5 Å². The van der Waals surface area contributed by atoms with Gasteiger partial charge < -0.3 is 24.1 Å². The number of rotatable bonds is 9. The summed E-state index contributed by atoms with van der Waals surface area (Å²) in [6, 6.07) is 6.05. The van der Waals surface area contributed by atoms with Crippen molar-refractivity contribution in [2.45, 2.75) is 31.6 Å². The highest BCUT2D eigenvalue weighted by Gasteiger charge is 2.20. The Hall–Kier alpha value is -1.38. The fraction of sp³-hybridized carbons (Fsp3) is 0.714. The lowest BCUT2D eigenvalue weighted by Crippen LogP contribution is -2.42. The van der Waals surface area contributed by atoms with Crippen molar-refractivity contribution in [2.24, 2.45) is 0 Å². The van der Waals surface area contributed by atoms with E-state index in [0.717, 1.165) is 58.8 Å². The Balaban J connectivity index is 1.48. The number of methoxy groups -OCH3 is 2. The highest BCUT2D eigenvalue weighted by molar-refractivity contribution is 5.43. The van der Waals surface area contributed by atoms with Gasteiger partial charge in [-0.1, -0.05) is 6.07 Å². The number of piperidine rings is 1. The second-order valence-corrected chi connectivity index (χ2v) is 7.57. The number of hydrogen-bond acceptors (Lipinski definition) is 7. The van der Waals surface area contributed by atoms with Crippen molar-refractivity contribution in [3.63, 3.8) is 0 Å². The predicted octanol–water partition coefficient (Wildman–Crippen LogP) is 1.38. The third-order valence-electron chi connectivity index (χ3n) is 5.51. The standard InChI is InChI=1S/C21H34N2O5/c1-25-19-5-7-22(8-6-19)14-17-3-4-20(21(13-17)26-2)28-16-18(24)15-23-9-11-27-12-10-23/h3-4,13,18-19,24H,5-12,14-16H2,1-2H3/t18-/m0/s1. The molecule has 0 unspecified atom stereocenters. The Morgan fingerprint density at radius 3 is 2.50 bits per heavy atom. The Morgan fingerprint density at radius 1 is 1.07 bits per heavy atom. The van der Waals surface area contributed by atoms with E-state index < -0.39 is 6.10 Å². The molecular weight excluding hydrogens is 360 g/mol. The van der Waals surface area contributed by atoms with Crippen molar-refractivity contribution in [3.05, 3.63) is 23.8 Å². The molecule has 0 aliphatic carbocycles. The van der Waals surface area contributed by atoms with Crippen molar-refractivity contribution >= 4 is 0 Å². The van der Waals surface area contributed by atoms with E-state index in [0.29, 0.717) is 24.1 Å². The Bertz CT molecular complexity index is 586. The molecule has 158 valence electrons. The topological polar surface area (TPSA) is 63.6 Å². The van der Waals surface area contributed by atoms with E-state index in [2.05, 4.69) is 15.9 Å². The molecule has 1 N–H and O–H groups in total. The van der Waals surface area contributed by atoms with Crippen LogP contribution >= 0.6 is 0 Å². The predicted molar refractivity (Wildman–Crippen MR) is 107 cm³/mol. The summed E-state index contributed by atoms with van der Waals surface area (Å²) in [7, 11) is 3.45. The van der Waals surface area contributed by atoms with Crippen LogP contribution in [0.4, 0.5) is 0 Å². The number of ether oxygens (including phenoxy) is 4. The van der Waals surface area contributed by atoms with Crippen LogP contribution < -0.4 is 9.47 Å². The van der Waals surface area contributed by atoms with Crippen molar-refractivity contribution in [1.82, 2.24) is 9.80 Å². The summed E-state index contributed by atoms with van der Waals surface area (Å²) in [6.45, 7) is 7.01. The van der Waals surface area contributed by atoms with Gasteiger partial charge in [-0.25, -0.2) is 0 Å². The van der Waals surface area contributed by atoms with Gasteiger partial charge in [-0.2, -0.15) is 0 Å². The minimum atomic E-state index is -0.537. The van der Waals surface area contributed by atoms with Crippen molar-refractivity contribution in [3.8, 4) is 11.5 Å². The van der Waals surface area contributed by atoms with Gasteiger partial charge in [0, 0.05) is 46.4 Å². The first-order valence-electron chi connectivity index (χ1n) is 10.2. The number of benzene rings is 1. The fourth-order valence-electron chi connectivity index (χ4n) is 3.81. The van der Waals surface area contributed by atoms with E-state index in [1.165, 1.54) is 5.56 Å². The summed E-state index contributed by atoms with van der Waals surface area (Å²) in [5.74, 6) is 1.38. The Morgan fingerprint density at radius 2 is 1.82 bits per heavy atom. The zero-order valence-corrected chi connectivity index (χ0v) is 17.1. The monoisotopic (exact) mass is 394 g/mol.